The second kappa shape index (κ2) is 5.20. The Morgan fingerprint density at radius 3 is 2.88 bits per heavy atom. The van der Waals surface area contributed by atoms with E-state index in [1.807, 2.05) is 37.4 Å². The lowest BCUT2D eigenvalue weighted by Gasteiger charge is -2.27. The lowest BCUT2D eigenvalue weighted by atomic mass is 9.84. The van der Waals surface area contributed by atoms with Crippen LogP contribution in [0.4, 0.5) is 5.69 Å². The monoisotopic (exact) mass is 336 g/mol. The van der Waals surface area contributed by atoms with Crippen LogP contribution in [-0.4, -0.2) is 34.1 Å². The number of anilines is 1. The number of amides is 1. The molecule has 0 spiro atoms. The van der Waals surface area contributed by atoms with Gasteiger partial charge >= 0.3 is 0 Å². The van der Waals surface area contributed by atoms with E-state index in [1.54, 1.807) is 4.68 Å². The number of ether oxygens (including phenoxy) is 2. The highest BCUT2D eigenvalue weighted by Crippen LogP contribution is 2.42. The van der Waals surface area contributed by atoms with Gasteiger partial charge in [0.05, 0.1) is 11.2 Å². The summed E-state index contributed by atoms with van der Waals surface area (Å²) in [6.07, 6.45) is 0.387. The molecule has 0 bridgehead atoms. The number of hydrogen-bond acceptors (Lipinski definition) is 5. The number of aryl methyl sites for hydroxylation is 1. The van der Waals surface area contributed by atoms with Gasteiger partial charge in [0, 0.05) is 19.4 Å². The quantitative estimate of drug-likeness (QED) is 0.737. The van der Waals surface area contributed by atoms with Crippen LogP contribution in [0.25, 0.3) is 11.0 Å². The first-order valence-corrected chi connectivity index (χ1v) is 8.22. The zero-order valence-electron chi connectivity index (χ0n) is 13.7. The number of fused-ring (bicyclic) bond motifs is 4. The van der Waals surface area contributed by atoms with Gasteiger partial charge in [-0.05, 0) is 29.3 Å². The molecule has 0 saturated carbocycles. The lowest BCUT2D eigenvalue weighted by molar-refractivity contribution is -0.116. The fraction of sp³-hybridized carbons (Fsp3) is 0.278. The Hall–Kier alpha value is -3.09. The SMILES string of the molecule is Cn1nnc2c3c(ccc21)C(c1ccc2c(c1)OCCO2)CC(=O)N3. The van der Waals surface area contributed by atoms with Gasteiger partial charge in [0.25, 0.3) is 0 Å². The van der Waals surface area contributed by atoms with Gasteiger partial charge in [-0.25, -0.2) is 4.68 Å². The number of carbonyl (C=O) groups is 1. The summed E-state index contributed by atoms with van der Waals surface area (Å²) in [6, 6.07) is 9.93. The molecule has 0 saturated heterocycles. The number of hydrogen-bond donors (Lipinski definition) is 1. The third-order valence-corrected chi connectivity index (χ3v) is 4.81. The Morgan fingerprint density at radius 2 is 2.00 bits per heavy atom. The van der Waals surface area contributed by atoms with Crippen molar-refractivity contribution in [3.63, 3.8) is 0 Å². The van der Waals surface area contributed by atoms with Gasteiger partial charge in [0.15, 0.2) is 11.5 Å². The number of benzene rings is 2. The highest BCUT2D eigenvalue weighted by molar-refractivity contribution is 6.03. The van der Waals surface area contributed by atoms with Crippen molar-refractivity contribution in [1.29, 1.82) is 0 Å². The second-order valence-corrected chi connectivity index (χ2v) is 6.32. The zero-order chi connectivity index (χ0) is 17.0. The maximum atomic E-state index is 12.3. The summed E-state index contributed by atoms with van der Waals surface area (Å²) in [7, 11) is 1.84. The molecule has 1 unspecified atom stereocenters. The van der Waals surface area contributed by atoms with E-state index in [9.17, 15) is 4.79 Å². The van der Waals surface area contributed by atoms with Gasteiger partial charge < -0.3 is 14.8 Å². The van der Waals surface area contributed by atoms with Crippen LogP contribution >= 0.6 is 0 Å². The minimum Gasteiger partial charge on any atom is -0.486 e. The highest BCUT2D eigenvalue weighted by Gasteiger charge is 2.30. The lowest BCUT2D eigenvalue weighted by Crippen LogP contribution is -2.24. The first-order valence-electron chi connectivity index (χ1n) is 8.22. The molecule has 25 heavy (non-hydrogen) atoms. The van der Waals surface area contributed by atoms with E-state index in [0.29, 0.717) is 19.6 Å². The van der Waals surface area contributed by atoms with Gasteiger partial charge in [-0.1, -0.05) is 17.3 Å². The molecule has 1 N–H and O–H groups in total. The topological polar surface area (TPSA) is 78.3 Å². The molecule has 2 aliphatic heterocycles. The molecular weight excluding hydrogens is 320 g/mol. The Labute approximate surface area is 143 Å². The molecule has 3 heterocycles. The molecule has 1 aromatic heterocycles. The van der Waals surface area contributed by atoms with Crippen molar-refractivity contribution in [2.75, 3.05) is 18.5 Å². The molecule has 0 aliphatic carbocycles. The molecule has 5 rings (SSSR count). The molecule has 1 amide bonds. The number of aromatic nitrogens is 3. The molecule has 3 aromatic rings. The van der Waals surface area contributed by atoms with Crippen molar-refractivity contribution < 1.29 is 14.3 Å². The Balaban J connectivity index is 1.66. The summed E-state index contributed by atoms with van der Waals surface area (Å²) in [6.45, 7) is 1.10. The van der Waals surface area contributed by atoms with Crippen LogP contribution < -0.4 is 14.8 Å². The van der Waals surface area contributed by atoms with Crippen molar-refractivity contribution in [2.45, 2.75) is 12.3 Å². The van der Waals surface area contributed by atoms with Crippen molar-refractivity contribution in [1.82, 2.24) is 15.0 Å². The molecule has 0 radical (unpaired) electrons. The fourth-order valence-electron chi connectivity index (χ4n) is 3.60. The number of carbonyl (C=O) groups excluding carboxylic acids is 1. The van der Waals surface area contributed by atoms with Gasteiger partial charge in [0.1, 0.15) is 18.7 Å². The smallest absolute Gasteiger partial charge is 0.225 e. The van der Waals surface area contributed by atoms with Crippen LogP contribution in [-0.2, 0) is 11.8 Å². The Morgan fingerprint density at radius 1 is 1.16 bits per heavy atom. The molecule has 2 aliphatic rings. The summed E-state index contributed by atoms with van der Waals surface area (Å²) in [5.41, 5.74) is 4.44. The number of nitrogens with one attached hydrogen (secondary N) is 1. The summed E-state index contributed by atoms with van der Waals surface area (Å²) < 4.78 is 13.0. The largest absolute Gasteiger partial charge is 0.486 e. The van der Waals surface area contributed by atoms with Crippen LogP contribution in [0.5, 0.6) is 11.5 Å². The van der Waals surface area contributed by atoms with Crippen LogP contribution in [0.3, 0.4) is 0 Å². The fourth-order valence-corrected chi connectivity index (χ4v) is 3.60. The van der Waals surface area contributed by atoms with Crippen LogP contribution in [0.2, 0.25) is 0 Å². The predicted octanol–water partition coefficient (Wildman–Crippen LogP) is 2.21. The van der Waals surface area contributed by atoms with E-state index in [2.05, 4.69) is 15.6 Å². The van der Waals surface area contributed by atoms with Gasteiger partial charge in [-0.3, -0.25) is 4.79 Å². The van der Waals surface area contributed by atoms with Gasteiger partial charge in [0.2, 0.25) is 5.91 Å². The average molecular weight is 336 g/mol. The van der Waals surface area contributed by atoms with E-state index >= 15 is 0 Å². The second-order valence-electron chi connectivity index (χ2n) is 6.32. The molecular formula is C18H16N4O3. The summed E-state index contributed by atoms with van der Waals surface area (Å²) in [4.78, 5) is 12.3. The van der Waals surface area contributed by atoms with E-state index in [1.165, 1.54) is 0 Å². The third kappa shape index (κ3) is 2.15. The summed E-state index contributed by atoms with van der Waals surface area (Å²) >= 11 is 0. The average Bonchev–Trinajstić information content (AvgIpc) is 3.02. The first-order chi connectivity index (χ1) is 12.2. The van der Waals surface area contributed by atoms with Crippen LogP contribution in [0.15, 0.2) is 30.3 Å². The normalized spacial score (nSPS) is 18.8. The van der Waals surface area contributed by atoms with E-state index in [4.69, 9.17) is 9.47 Å². The number of rotatable bonds is 1. The van der Waals surface area contributed by atoms with Crippen molar-refractivity contribution in [3.05, 3.63) is 41.5 Å². The van der Waals surface area contributed by atoms with Crippen molar-refractivity contribution in [2.24, 2.45) is 7.05 Å². The summed E-state index contributed by atoms with van der Waals surface area (Å²) in [5.74, 6) is 1.41. The zero-order valence-corrected chi connectivity index (χ0v) is 13.7. The minimum atomic E-state index is -0.0500. The Kier molecular flexibility index (Phi) is 2.97. The molecule has 0 fully saturated rings. The minimum absolute atomic E-state index is 0.0226. The molecule has 1 atom stereocenters. The van der Waals surface area contributed by atoms with E-state index < -0.39 is 0 Å². The predicted molar refractivity (Wildman–Crippen MR) is 91.0 cm³/mol. The molecule has 7 nitrogen and oxygen atoms in total. The third-order valence-electron chi connectivity index (χ3n) is 4.81. The highest BCUT2D eigenvalue weighted by atomic mass is 16.6. The van der Waals surface area contributed by atoms with Crippen molar-refractivity contribution >= 4 is 22.6 Å². The van der Waals surface area contributed by atoms with E-state index in [-0.39, 0.29) is 11.8 Å². The molecule has 2 aromatic carbocycles. The number of nitrogens with zero attached hydrogens (tertiary/aromatic N) is 3. The van der Waals surface area contributed by atoms with Gasteiger partial charge in [-0.15, -0.1) is 5.10 Å². The summed E-state index contributed by atoms with van der Waals surface area (Å²) in [5, 5.41) is 11.2. The first kappa shape index (κ1) is 14.3. The molecule has 126 valence electrons. The van der Waals surface area contributed by atoms with Crippen LogP contribution in [0.1, 0.15) is 23.5 Å². The van der Waals surface area contributed by atoms with E-state index in [0.717, 1.165) is 39.3 Å². The van der Waals surface area contributed by atoms with Gasteiger partial charge in [-0.2, -0.15) is 0 Å². The maximum absolute atomic E-state index is 12.3. The van der Waals surface area contributed by atoms with Crippen molar-refractivity contribution in [3.8, 4) is 11.5 Å². The van der Waals surface area contributed by atoms with Crippen LogP contribution in [0, 0.1) is 0 Å². The Bertz CT molecular complexity index is 1010. The molecule has 7 heteroatoms. The standard InChI is InChI=1S/C18H16N4O3/c1-22-13-4-3-11-12(9-16(23)19-17(11)18(13)20-21-22)10-2-5-14-15(8-10)25-7-6-24-14/h2-5,8,12H,6-7,9H2,1H3,(H,19,23). The maximum Gasteiger partial charge on any atom is 0.225 e.